The van der Waals surface area contributed by atoms with Crippen molar-refractivity contribution in [1.29, 1.82) is 0 Å². The second kappa shape index (κ2) is 8.67. The summed E-state index contributed by atoms with van der Waals surface area (Å²) < 4.78 is 10.6. The van der Waals surface area contributed by atoms with Gasteiger partial charge in [-0.3, -0.25) is 4.79 Å². The van der Waals surface area contributed by atoms with Crippen molar-refractivity contribution in [1.82, 2.24) is 4.98 Å². The van der Waals surface area contributed by atoms with E-state index < -0.39 is 12.6 Å². The van der Waals surface area contributed by atoms with E-state index in [4.69, 9.17) is 9.47 Å². The fourth-order valence-corrected chi connectivity index (χ4v) is 3.29. The van der Waals surface area contributed by atoms with Crippen LogP contribution in [0.5, 0.6) is 11.5 Å². The van der Waals surface area contributed by atoms with Crippen LogP contribution in [0.2, 0.25) is 0 Å². The molecule has 4 aromatic rings. The van der Waals surface area contributed by atoms with E-state index in [2.05, 4.69) is 4.98 Å². The van der Waals surface area contributed by atoms with Crippen LogP contribution < -0.4 is 4.74 Å². The molecule has 0 saturated carbocycles. The molecule has 4 rings (SSSR count). The van der Waals surface area contributed by atoms with Crippen molar-refractivity contribution >= 4 is 22.7 Å². The highest BCUT2D eigenvalue weighted by Gasteiger charge is 2.18. The maximum Gasteiger partial charge on any atom is 0.339 e. The molecule has 0 aliphatic rings. The Hall–Kier alpha value is -4.19. The van der Waals surface area contributed by atoms with Crippen LogP contribution in [0.15, 0.2) is 78.9 Å². The van der Waals surface area contributed by atoms with Gasteiger partial charge < -0.3 is 14.6 Å². The molecule has 0 amide bonds. The summed E-state index contributed by atoms with van der Waals surface area (Å²) in [6.07, 6.45) is 0. The molecule has 154 valence electrons. The molecule has 1 N–H and O–H groups in total. The van der Waals surface area contributed by atoms with Gasteiger partial charge in [0, 0.05) is 10.9 Å². The predicted molar refractivity (Wildman–Crippen MR) is 116 cm³/mol. The number of phenols is 1. The molecular weight excluding hydrogens is 394 g/mol. The van der Waals surface area contributed by atoms with Gasteiger partial charge in [0.1, 0.15) is 11.5 Å². The van der Waals surface area contributed by atoms with Gasteiger partial charge in [-0.2, -0.15) is 0 Å². The fourth-order valence-electron chi connectivity index (χ4n) is 3.29. The lowest BCUT2D eigenvalue weighted by Crippen LogP contribution is -2.15. The number of aromatic hydroxyl groups is 1. The third kappa shape index (κ3) is 4.23. The first kappa shape index (κ1) is 20.1. The number of pyridine rings is 1. The number of fused-ring (bicyclic) bond motifs is 1. The predicted octanol–water partition coefficient (Wildman–Crippen LogP) is 4.66. The summed E-state index contributed by atoms with van der Waals surface area (Å²) in [6.45, 7) is -0.412. The minimum atomic E-state index is -0.623. The van der Waals surface area contributed by atoms with Crippen LogP contribution in [0.3, 0.4) is 0 Å². The lowest BCUT2D eigenvalue weighted by molar-refractivity contribution is 0.0476. The van der Waals surface area contributed by atoms with Gasteiger partial charge in [0.15, 0.2) is 6.61 Å². The zero-order chi connectivity index (χ0) is 21.8. The summed E-state index contributed by atoms with van der Waals surface area (Å²) in [5.74, 6) is -0.420. The van der Waals surface area contributed by atoms with E-state index in [0.717, 1.165) is 5.56 Å². The van der Waals surface area contributed by atoms with Gasteiger partial charge in [0.25, 0.3) is 0 Å². The number of aromatic nitrogens is 1. The first-order chi connectivity index (χ1) is 15.1. The molecule has 6 heteroatoms. The highest BCUT2D eigenvalue weighted by Crippen LogP contribution is 2.27. The molecule has 0 fully saturated rings. The molecule has 0 saturated heterocycles. The van der Waals surface area contributed by atoms with Crippen molar-refractivity contribution in [3.05, 3.63) is 90.0 Å². The second-order valence-corrected chi connectivity index (χ2v) is 6.82. The van der Waals surface area contributed by atoms with Crippen molar-refractivity contribution in [2.75, 3.05) is 13.7 Å². The van der Waals surface area contributed by atoms with Crippen molar-refractivity contribution in [3.63, 3.8) is 0 Å². The first-order valence-corrected chi connectivity index (χ1v) is 9.59. The van der Waals surface area contributed by atoms with Gasteiger partial charge in [0.05, 0.1) is 29.4 Å². The van der Waals surface area contributed by atoms with Crippen LogP contribution in [0, 0.1) is 0 Å². The van der Waals surface area contributed by atoms with Crippen molar-refractivity contribution in [2.45, 2.75) is 0 Å². The highest BCUT2D eigenvalue weighted by atomic mass is 16.5. The van der Waals surface area contributed by atoms with Gasteiger partial charge in [-0.15, -0.1) is 0 Å². The maximum absolute atomic E-state index is 12.9. The Labute approximate surface area is 178 Å². The summed E-state index contributed by atoms with van der Waals surface area (Å²) in [7, 11) is 1.48. The summed E-state index contributed by atoms with van der Waals surface area (Å²) in [6, 6.07) is 22.2. The van der Waals surface area contributed by atoms with E-state index in [0.29, 0.717) is 33.5 Å². The van der Waals surface area contributed by atoms with Crippen LogP contribution in [0.1, 0.15) is 20.7 Å². The first-order valence-electron chi connectivity index (χ1n) is 9.59. The molecule has 1 heterocycles. The Bertz CT molecular complexity index is 1260. The number of esters is 1. The number of para-hydroxylation sites is 2. The molecule has 0 atom stereocenters. The molecule has 0 spiro atoms. The molecule has 0 bridgehead atoms. The topological polar surface area (TPSA) is 85.7 Å². The number of hydrogen-bond acceptors (Lipinski definition) is 6. The Morgan fingerprint density at radius 1 is 0.903 bits per heavy atom. The van der Waals surface area contributed by atoms with E-state index in [1.807, 2.05) is 6.07 Å². The number of rotatable bonds is 6. The van der Waals surface area contributed by atoms with E-state index in [9.17, 15) is 14.7 Å². The smallest absolute Gasteiger partial charge is 0.339 e. The van der Waals surface area contributed by atoms with Crippen molar-refractivity contribution in [2.24, 2.45) is 0 Å². The molecule has 6 nitrogen and oxygen atoms in total. The average molecular weight is 413 g/mol. The maximum atomic E-state index is 12.9. The van der Waals surface area contributed by atoms with Crippen molar-refractivity contribution < 1.29 is 24.2 Å². The SMILES string of the molecule is COc1ccccc1C(=O)COC(=O)c1cc(-c2ccc(O)cc2)nc2ccccc12. The third-order valence-electron chi connectivity index (χ3n) is 4.84. The minimum Gasteiger partial charge on any atom is -0.508 e. The van der Waals surface area contributed by atoms with Crippen LogP contribution in [0.25, 0.3) is 22.2 Å². The molecule has 31 heavy (non-hydrogen) atoms. The normalized spacial score (nSPS) is 10.6. The number of benzene rings is 3. The quantitative estimate of drug-likeness (QED) is 0.366. The van der Waals surface area contributed by atoms with E-state index in [1.54, 1.807) is 72.8 Å². The molecule has 3 aromatic carbocycles. The highest BCUT2D eigenvalue weighted by molar-refractivity contribution is 6.06. The van der Waals surface area contributed by atoms with Crippen LogP contribution in [-0.4, -0.2) is 35.6 Å². The molecule has 1 aromatic heterocycles. The number of hydrogen-bond donors (Lipinski definition) is 1. The Morgan fingerprint density at radius 2 is 1.61 bits per heavy atom. The molecule has 0 radical (unpaired) electrons. The lowest BCUT2D eigenvalue weighted by Gasteiger charge is -2.11. The largest absolute Gasteiger partial charge is 0.508 e. The number of methoxy groups -OCH3 is 1. The standard InChI is InChI=1S/C25H19NO5/c1-30-24-9-5-3-7-19(24)23(28)15-31-25(29)20-14-22(16-10-12-17(27)13-11-16)26-21-8-4-2-6-18(20)21/h2-14,27H,15H2,1H3. The number of nitrogens with zero attached hydrogens (tertiary/aromatic N) is 1. The summed E-state index contributed by atoms with van der Waals surface area (Å²) in [4.78, 5) is 30.1. The minimum absolute atomic E-state index is 0.138. The third-order valence-corrected chi connectivity index (χ3v) is 4.84. The summed E-state index contributed by atoms with van der Waals surface area (Å²) >= 11 is 0. The molecular formula is C25H19NO5. The molecule has 0 aliphatic heterocycles. The Balaban J connectivity index is 1.64. The number of ketones is 1. The van der Waals surface area contributed by atoms with Crippen LogP contribution in [-0.2, 0) is 4.74 Å². The van der Waals surface area contributed by atoms with Crippen LogP contribution in [0.4, 0.5) is 0 Å². The lowest BCUT2D eigenvalue weighted by atomic mass is 10.0. The Kier molecular flexibility index (Phi) is 5.62. The number of phenolic OH excluding ortho intramolecular Hbond substituents is 1. The van der Waals surface area contributed by atoms with E-state index >= 15 is 0 Å². The number of carbonyl (C=O) groups excluding carboxylic acids is 2. The monoisotopic (exact) mass is 413 g/mol. The van der Waals surface area contributed by atoms with Gasteiger partial charge >= 0.3 is 5.97 Å². The number of ether oxygens (including phenoxy) is 2. The second-order valence-electron chi connectivity index (χ2n) is 6.82. The summed E-state index contributed by atoms with van der Waals surface area (Å²) in [5.41, 5.74) is 2.57. The average Bonchev–Trinajstić information content (AvgIpc) is 2.82. The Morgan fingerprint density at radius 3 is 2.39 bits per heavy atom. The van der Waals surface area contributed by atoms with Gasteiger partial charge in [0.2, 0.25) is 5.78 Å². The van der Waals surface area contributed by atoms with Gasteiger partial charge in [-0.25, -0.2) is 9.78 Å². The van der Waals surface area contributed by atoms with E-state index in [1.165, 1.54) is 7.11 Å². The van der Waals surface area contributed by atoms with Gasteiger partial charge in [-0.05, 0) is 48.5 Å². The van der Waals surface area contributed by atoms with Gasteiger partial charge in [-0.1, -0.05) is 30.3 Å². The molecule has 0 aliphatic carbocycles. The van der Waals surface area contributed by atoms with E-state index in [-0.39, 0.29) is 11.5 Å². The summed E-state index contributed by atoms with van der Waals surface area (Å²) in [5, 5.41) is 10.2. The zero-order valence-electron chi connectivity index (χ0n) is 16.7. The van der Waals surface area contributed by atoms with Crippen molar-refractivity contribution in [3.8, 4) is 22.8 Å². The number of Topliss-reactive ketones (excluding diaryl/α,β-unsaturated/α-hetero) is 1. The van der Waals surface area contributed by atoms with Crippen LogP contribution >= 0.6 is 0 Å². The fraction of sp³-hybridized carbons (Fsp3) is 0.0800. The zero-order valence-corrected chi connectivity index (χ0v) is 16.7. The number of carbonyl (C=O) groups is 2. The molecule has 0 unspecified atom stereocenters.